The Morgan fingerprint density at radius 3 is 2.43 bits per heavy atom. The second-order valence-corrected chi connectivity index (χ2v) is 12.3. The maximum atomic E-state index is 14.2. The number of aromatic nitrogens is 1. The highest BCUT2D eigenvalue weighted by atomic mass is 79.9. The molecule has 0 aliphatic carbocycles. The van der Waals surface area contributed by atoms with Crippen LogP contribution in [-0.4, -0.2) is 42.7 Å². The van der Waals surface area contributed by atoms with Gasteiger partial charge < -0.3 is 19.1 Å². The first-order valence-corrected chi connectivity index (χ1v) is 16.3. The average molecular weight is 702 g/mol. The van der Waals surface area contributed by atoms with Gasteiger partial charge in [0.15, 0.2) is 16.3 Å². The highest BCUT2D eigenvalue weighted by molar-refractivity contribution is 9.10. The molecule has 1 aromatic heterocycles. The van der Waals surface area contributed by atoms with E-state index in [9.17, 15) is 9.59 Å². The summed E-state index contributed by atoms with van der Waals surface area (Å²) in [6.45, 7) is 7.00. The molecule has 4 aromatic rings. The van der Waals surface area contributed by atoms with Crippen LogP contribution in [0.15, 0.2) is 86.2 Å². The number of amides is 1. The van der Waals surface area contributed by atoms with Crippen molar-refractivity contribution in [2.75, 3.05) is 27.3 Å². The molecule has 236 valence electrons. The van der Waals surface area contributed by atoms with Crippen LogP contribution in [0.1, 0.15) is 49.1 Å². The fourth-order valence-corrected chi connectivity index (χ4v) is 7.03. The number of fused-ring (bicyclic) bond motifs is 1. The van der Waals surface area contributed by atoms with Gasteiger partial charge in [0.1, 0.15) is 18.4 Å². The van der Waals surface area contributed by atoms with Crippen molar-refractivity contribution in [2.24, 2.45) is 4.99 Å². The standard InChI is InChI=1S/C35H33BrN4O5S/c1-6-39(7-2)34(42)30-21(3)38-35-40(31(30)25-10-8-9-11-27(25)43-4)33(41)29(46-35)18-24-16-26(36)32(28(17-24)44-5)45-20-23-14-12-22(19-37)13-15-23/h8-18,31H,6-7,20H2,1-5H3/b29-18-/t31-/m0/s1. The summed E-state index contributed by atoms with van der Waals surface area (Å²) in [6, 6.07) is 19.7. The number of rotatable bonds is 10. The van der Waals surface area contributed by atoms with Crippen molar-refractivity contribution >= 4 is 39.2 Å². The molecule has 0 fully saturated rings. The van der Waals surface area contributed by atoms with E-state index in [1.165, 1.54) is 11.3 Å². The molecular formula is C35H33BrN4O5S. The first-order valence-electron chi connectivity index (χ1n) is 14.7. The van der Waals surface area contributed by atoms with Crippen molar-refractivity contribution in [3.63, 3.8) is 0 Å². The van der Waals surface area contributed by atoms with Crippen molar-refractivity contribution in [3.8, 4) is 23.3 Å². The smallest absolute Gasteiger partial charge is 0.271 e. The highest BCUT2D eigenvalue weighted by Gasteiger charge is 2.35. The normalized spacial score (nSPS) is 14.3. The Morgan fingerprint density at radius 1 is 1.09 bits per heavy atom. The van der Waals surface area contributed by atoms with Crippen LogP contribution in [0.3, 0.4) is 0 Å². The third-order valence-corrected chi connectivity index (χ3v) is 9.32. The van der Waals surface area contributed by atoms with Gasteiger partial charge in [0, 0.05) is 18.7 Å². The number of methoxy groups -OCH3 is 2. The van der Waals surface area contributed by atoms with Crippen molar-refractivity contribution in [1.29, 1.82) is 5.26 Å². The molecule has 11 heteroatoms. The summed E-state index contributed by atoms with van der Waals surface area (Å²) in [5.41, 5.74) is 3.63. The Kier molecular flexibility index (Phi) is 10.1. The summed E-state index contributed by atoms with van der Waals surface area (Å²) < 4.78 is 20.1. The van der Waals surface area contributed by atoms with E-state index in [1.807, 2.05) is 63.2 Å². The number of halogens is 1. The van der Waals surface area contributed by atoms with Crippen LogP contribution in [0.2, 0.25) is 0 Å². The summed E-state index contributed by atoms with van der Waals surface area (Å²) in [4.78, 5) is 35.1. The van der Waals surface area contributed by atoms with Gasteiger partial charge in [-0.15, -0.1) is 0 Å². The molecule has 0 N–H and O–H groups in total. The minimum absolute atomic E-state index is 0.165. The molecule has 3 aromatic carbocycles. The van der Waals surface area contributed by atoms with Crippen molar-refractivity contribution in [2.45, 2.75) is 33.4 Å². The summed E-state index contributed by atoms with van der Waals surface area (Å²) >= 11 is 4.87. The van der Waals surface area contributed by atoms with Crippen molar-refractivity contribution in [3.05, 3.63) is 118 Å². The Bertz CT molecular complexity index is 2040. The number of ether oxygens (including phenoxy) is 3. The SMILES string of the molecule is CCN(CC)C(=O)C1=C(C)N=c2s/c(=C\c3cc(Br)c(OCc4ccc(C#N)cc4)c(OC)c3)c(=O)n2[C@H]1c1ccccc1OC. The second-order valence-electron chi connectivity index (χ2n) is 10.4. The maximum absolute atomic E-state index is 14.2. The van der Waals surface area contributed by atoms with Gasteiger partial charge in [-0.05, 0) is 84.2 Å². The largest absolute Gasteiger partial charge is 0.496 e. The minimum atomic E-state index is -0.720. The number of hydrogen-bond acceptors (Lipinski definition) is 8. The van der Waals surface area contributed by atoms with Crippen molar-refractivity contribution < 1.29 is 19.0 Å². The van der Waals surface area contributed by atoms with Crippen LogP contribution in [0.4, 0.5) is 0 Å². The molecule has 1 aliphatic heterocycles. The Balaban J connectivity index is 1.59. The molecule has 9 nitrogen and oxygen atoms in total. The maximum Gasteiger partial charge on any atom is 0.271 e. The number of benzene rings is 3. The van der Waals surface area contributed by atoms with Gasteiger partial charge in [-0.25, -0.2) is 4.99 Å². The lowest BCUT2D eigenvalue weighted by molar-refractivity contribution is -0.127. The van der Waals surface area contributed by atoms with E-state index < -0.39 is 6.04 Å². The van der Waals surface area contributed by atoms with Gasteiger partial charge in [-0.2, -0.15) is 5.26 Å². The van der Waals surface area contributed by atoms with Crippen LogP contribution >= 0.6 is 27.3 Å². The molecule has 0 radical (unpaired) electrons. The molecule has 0 unspecified atom stereocenters. The molecule has 46 heavy (non-hydrogen) atoms. The van der Waals surface area contributed by atoms with E-state index in [4.69, 9.17) is 24.5 Å². The van der Waals surface area contributed by atoms with Gasteiger partial charge in [-0.1, -0.05) is 41.7 Å². The lowest BCUT2D eigenvalue weighted by Crippen LogP contribution is -2.43. The Morgan fingerprint density at radius 2 is 1.78 bits per heavy atom. The zero-order valence-corrected chi connectivity index (χ0v) is 28.6. The average Bonchev–Trinajstić information content (AvgIpc) is 3.37. The van der Waals surface area contributed by atoms with E-state index in [2.05, 4.69) is 22.0 Å². The molecule has 1 atom stereocenters. The number of nitriles is 1. The monoisotopic (exact) mass is 700 g/mol. The number of nitrogens with zero attached hydrogens (tertiary/aromatic N) is 4. The van der Waals surface area contributed by atoms with Crippen LogP contribution in [0.25, 0.3) is 6.08 Å². The van der Waals surface area contributed by atoms with E-state index in [1.54, 1.807) is 48.0 Å². The molecule has 1 aliphatic rings. The van der Waals surface area contributed by atoms with Crippen LogP contribution in [0, 0.1) is 11.3 Å². The summed E-state index contributed by atoms with van der Waals surface area (Å²) in [5.74, 6) is 1.40. The Labute approximate surface area is 279 Å². The fraction of sp³-hybridized carbons (Fsp3) is 0.257. The number of thiazole rings is 1. The topological polar surface area (TPSA) is 106 Å². The molecule has 0 bridgehead atoms. The molecule has 1 amide bonds. The number of allylic oxidation sites excluding steroid dienone is 1. The van der Waals surface area contributed by atoms with Crippen LogP contribution in [-0.2, 0) is 11.4 Å². The van der Waals surface area contributed by atoms with E-state index in [0.717, 1.165) is 5.56 Å². The van der Waals surface area contributed by atoms with E-state index in [-0.39, 0.29) is 18.1 Å². The second kappa shape index (κ2) is 14.2. The number of carbonyl (C=O) groups is 1. The first kappa shape index (κ1) is 32.7. The van der Waals surface area contributed by atoms with E-state index in [0.29, 0.717) is 72.1 Å². The van der Waals surface area contributed by atoms with E-state index >= 15 is 0 Å². The summed E-state index contributed by atoms with van der Waals surface area (Å²) in [5, 5.41) is 9.05. The van der Waals surface area contributed by atoms with Gasteiger partial charge in [0.25, 0.3) is 11.5 Å². The molecule has 0 saturated carbocycles. The number of carbonyl (C=O) groups excluding carboxylic acids is 1. The van der Waals surface area contributed by atoms with Crippen molar-refractivity contribution in [1.82, 2.24) is 9.47 Å². The zero-order valence-electron chi connectivity index (χ0n) is 26.2. The lowest BCUT2D eigenvalue weighted by Gasteiger charge is -2.29. The predicted molar refractivity (Wildman–Crippen MR) is 181 cm³/mol. The summed E-state index contributed by atoms with van der Waals surface area (Å²) in [7, 11) is 3.13. The van der Waals surface area contributed by atoms with Gasteiger partial charge in [-0.3, -0.25) is 14.2 Å². The van der Waals surface area contributed by atoms with Crippen LogP contribution < -0.4 is 29.1 Å². The third-order valence-electron chi connectivity index (χ3n) is 7.75. The summed E-state index contributed by atoms with van der Waals surface area (Å²) in [6.07, 6.45) is 1.78. The van der Waals surface area contributed by atoms with Crippen LogP contribution in [0.5, 0.6) is 17.2 Å². The lowest BCUT2D eigenvalue weighted by atomic mass is 9.94. The number of likely N-dealkylation sites (N-methyl/N-ethyl adjacent to an activating group) is 1. The molecule has 5 rings (SSSR count). The van der Waals surface area contributed by atoms with Gasteiger partial charge >= 0.3 is 0 Å². The number of hydrogen-bond donors (Lipinski definition) is 0. The van der Waals surface area contributed by atoms with Gasteiger partial charge in [0.05, 0.1) is 46.1 Å². The Hall–Kier alpha value is -4.66. The molecular weight excluding hydrogens is 668 g/mol. The first-order chi connectivity index (χ1) is 22.2. The molecule has 0 spiro atoms. The highest BCUT2D eigenvalue weighted by Crippen LogP contribution is 2.38. The number of para-hydroxylation sites is 1. The quantitative estimate of drug-likeness (QED) is 0.221. The minimum Gasteiger partial charge on any atom is -0.496 e. The molecule has 0 saturated heterocycles. The van der Waals surface area contributed by atoms with Gasteiger partial charge in [0.2, 0.25) is 0 Å². The fourth-order valence-electron chi connectivity index (χ4n) is 5.41. The zero-order chi connectivity index (χ0) is 33.0. The predicted octanol–water partition coefficient (Wildman–Crippen LogP) is 5.33. The molecule has 2 heterocycles. The third kappa shape index (κ3) is 6.36.